The number of fused-ring (bicyclic) bond motifs is 1. The van der Waals surface area contributed by atoms with E-state index in [-0.39, 0.29) is 17.0 Å². The van der Waals surface area contributed by atoms with Crippen LogP contribution in [0.15, 0.2) is 60.7 Å². The van der Waals surface area contributed by atoms with Crippen molar-refractivity contribution in [3.63, 3.8) is 0 Å². The Hall–Kier alpha value is -3.74. The highest BCUT2D eigenvalue weighted by Gasteiger charge is 2.69. The average Bonchev–Trinajstić information content (AvgIpc) is 3.61. The smallest absolute Gasteiger partial charge is 0.330 e. The van der Waals surface area contributed by atoms with Gasteiger partial charge < -0.3 is 33.2 Å². The third kappa shape index (κ3) is 5.41. The van der Waals surface area contributed by atoms with Crippen LogP contribution in [0.1, 0.15) is 18.4 Å². The second-order valence-electron chi connectivity index (χ2n) is 10.0. The molecule has 11 nitrogen and oxygen atoms in total. The molecule has 2 aromatic rings. The second-order valence-corrected chi connectivity index (χ2v) is 10.4. The average molecular weight is 601 g/mol. The van der Waals surface area contributed by atoms with E-state index in [1.54, 1.807) is 43.3 Å². The van der Waals surface area contributed by atoms with E-state index in [1.807, 2.05) is 25.1 Å². The third-order valence-electron chi connectivity index (χ3n) is 8.27. The molecule has 0 radical (unpaired) electrons. The molecule has 4 rings (SSSR count). The van der Waals surface area contributed by atoms with Crippen LogP contribution in [-0.2, 0) is 33.3 Å². The number of hydrogen-bond acceptors (Lipinski definition) is 11. The van der Waals surface area contributed by atoms with Crippen LogP contribution in [0.5, 0.6) is 11.5 Å². The molecule has 0 amide bonds. The molecule has 42 heavy (non-hydrogen) atoms. The van der Waals surface area contributed by atoms with E-state index >= 15 is 0 Å². The molecule has 1 aromatic carbocycles. The summed E-state index contributed by atoms with van der Waals surface area (Å²) in [6.07, 6.45) is 9.05. The molecule has 0 spiro atoms. The Balaban J connectivity index is 1.91. The van der Waals surface area contributed by atoms with Crippen molar-refractivity contribution in [1.82, 2.24) is 9.55 Å². The van der Waals surface area contributed by atoms with Crippen LogP contribution >= 0.6 is 12.2 Å². The number of esters is 2. The number of thiocarbonyl (C=S) groups is 1. The molecule has 12 heteroatoms. The Morgan fingerprint density at radius 1 is 1.05 bits per heavy atom. The number of carbonyl (C=O) groups is 2. The summed E-state index contributed by atoms with van der Waals surface area (Å²) in [5.74, 6) is -3.28. The summed E-state index contributed by atoms with van der Waals surface area (Å²) in [6.45, 7) is 1.81. The van der Waals surface area contributed by atoms with Gasteiger partial charge in [0, 0.05) is 50.4 Å². The minimum atomic E-state index is -1.34. The lowest BCUT2D eigenvalue weighted by Gasteiger charge is -2.41. The zero-order chi connectivity index (χ0) is 30.6. The number of aromatic nitrogens is 2. The first-order valence-corrected chi connectivity index (χ1v) is 13.7. The number of hydrogen-bond donors (Lipinski definition) is 0. The van der Waals surface area contributed by atoms with Crippen LogP contribution < -0.4 is 9.47 Å². The van der Waals surface area contributed by atoms with E-state index < -0.39 is 41.6 Å². The predicted octanol–water partition coefficient (Wildman–Crippen LogP) is 3.53. The van der Waals surface area contributed by atoms with Gasteiger partial charge in [0.15, 0.2) is 17.6 Å². The molecule has 0 saturated heterocycles. The van der Waals surface area contributed by atoms with Gasteiger partial charge in [-0.05, 0) is 41.4 Å². The van der Waals surface area contributed by atoms with Crippen molar-refractivity contribution >= 4 is 29.3 Å². The van der Waals surface area contributed by atoms with E-state index in [4.69, 9.17) is 45.4 Å². The van der Waals surface area contributed by atoms with Gasteiger partial charge in [-0.25, -0.2) is 9.78 Å². The summed E-state index contributed by atoms with van der Waals surface area (Å²) in [4.78, 5) is 29.2. The zero-order valence-electron chi connectivity index (χ0n) is 24.6. The van der Waals surface area contributed by atoms with Gasteiger partial charge in [-0.3, -0.25) is 9.36 Å². The molecular weight excluding hydrogens is 564 g/mol. The first-order valence-electron chi connectivity index (χ1n) is 13.3. The Morgan fingerprint density at radius 3 is 2.33 bits per heavy atom. The molecule has 6 unspecified atom stereocenters. The summed E-state index contributed by atoms with van der Waals surface area (Å²) in [5.41, 5.74) is 1.60. The standard InChI is InChI=1S/C30H36N2O9S/c1-17(28(34)38-5)24(18-8-10-21(35-2)22(15-18)36-3)25-20-14-19(9-11-23(33)37-4)26(20)30(39-6,40-7)27(25)41-29(42)32-13-12-31-16-32/h8-17,20,24-27H,1-7H3/b11-9+. The van der Waals surface area contributed by atoms with Crippen molar-refractivity contribution in [2.24, 2.45) is 23.7 Å². The summed E-state index contributed by atoms with van der Waals surface area (Å²) < 4.78 is 41.5. The normalized spacial score (nSPS) is 23.6. The summed E-state index contributed by atoms with van der Waals surface area (Å²) in [5, 5.41) is 0.130. The molecule has 226 valence electrons. The van der Waals surface area contributed by atoms with Crippen LogP contribution in [0.4, 0.5) is 0 Å². The highest BCUT2D eigenvalue weighted by molar-refractivity contribution is 7.80. The molecule has 6 atom stereocenters. The van der Waals surface area contributed by atoms with Crippen molar-refractivity contribution in [2.45, 2.75) is 24.7 Å². The number of ether oxygens (including phenoxy) is 7. The van der Waals surface area contributed by atoms with E-state index in [0.717, 1.165) is 11.1 Å². The topological polar surface area (TPSA) is 117 Å². The maximum atomic E-state index is 13.2. The molecule has 2 aliphatic carbocycles. The van der Waals surface area contributed by atoms with E-state index in [9.17, 15) is 9.59 Å². The van der Waals surface area contributed by atoms with Gasteiger partial charge in [-0.2, -0.15) is 0 Å². The molecule has 2 aliphatic rings. The highest BCUT2D eigenvalue weighted by Crippen LogP contribution is 2.62. The Morgan fingerprint density at radius 2 is 1.76 bits per heavy atom. The predicted molar refractivity (Wildman–Crippen MR) is 155 cm³/mol. The monoisotopic (exact) mass is 600 g/mol. The quantitative estimate of drug-likeness (QED) is 0.163. The first kappa shape index (κ1) is 31.2. The molecule has 0 aliphatic heterocycles. The summed E-state index contributed by atoms with van der Waals surface area (Å²) >= 11 is 5.68. The summed E-state index contributed by atoms with van der Waals surface area (Å²) in [7, 11) is 8.86. The number of imidazole rings is 1. The maximum absolute atomic E-state index is 13.2. The lowest BCUT2D eigenvalue weighted by Crippen LogP contribution is -2.52. The Kier molecular flexibility index (Phi) is 9.70. The number of carbonyl (C=O) groups excluding carboxylic acids is 2. The highest BCUT2D eigenvalue weighted by atomic mass is 32.1. The number of nitrogens with zero attached hydrogens (tertiary/aromatic N) is 2. The van der Waals surface area contributed by atoms with E-state index in [2.05, 4.69) is 4.98 Å². The number of methoxy groups -OCH3 is 6. The minimum absolute atomic E-state index is 0.130. The lowest BCUT2D eigenvalue weighted by atomic mass is 9.66. The van der Waals surface area contributed by atoms with Crippen molar-refractivity contribution in [3.05, 3.63) is 66.3 Å². The lowest BCUT2D eigenvalue weighted by molar-refractivity contribution is -0.265. The van der Waals surface area contributed by atoms with Crippen LogP contribution in [0.2, 0.25) is 0 Å². The van der Waals surface area contributed by atoms with Gasteiger partial charge in [0.05, 0.1) is 34.4 Å². The maximum Gasteiger partial charge on any atom is 0.330 e. The van der Waals surface area contributed by atoms with Crippen LogP contribution in [0.25, 0.3) is 0 Å². The van der Waals surface area contributed by atoms with Crippen LogP contribution in [-0.4, -0.2) is 81.2 Å². The van der Waals surface area contributed by atoms with Crippen LogP contribution in [0, 0.1) is 23.7 Å². The van der Waals surface area contributed by atoms with Gasteiger partial charge in [0.2, 0.25) is 5.79 Å². The van der Waals surface area contributed by atoms with Crippen molar-refractivity contribution in [1.29, 1.82) is 0 Å². The molecule has 1 saturated carbocycles. The van der Waals surface area contributed by atoms with E-state index in [1.165, 1.54) is 40.8 Å². The second kappa shape index (κ2) is 13.1. The molecular formula is C30H36N2O9S. The third-order valence-corrected chi connectivity index (χ3v) is 8.57. The number of benzene rings is 1. The molecule has 1 fully saturated rings. The zero-order valence-corrected chi connectivity index (χ0v) is 25.5. The molecule has 1 heterocycles. The van der Waals surface area contributed by atoms with Crippen molar-refractivity contribution in [2.75, 3.05) is 42.7 Å². The van der Waals surface area contributed by atoms with Gasteiger partial charge >= 0.3 is 11.9 Å². The Bertz CT molecular complexity index is 1350. The number of rotatable bonds is 11. The van der Waals surface area contributed by atoms with Gasteiger partial charge in [-0.15, -0.1) is 0 Å². The fraction of sp³-hybridized carbons (Fsp3) is 0.467. The number of allylic oxidation sites excluding steroid dienone is 2. The molecule has 0 N–H and O–H groups in total. The van der Waals surface area contributed by atoms with E-state index in [0.29, 0.717) is 11.5 Å². The van der Waals surface area contributed by atoms with Gasteiger partial charge in [-0.1, -0.05) is 25.1 Å². The first-order chi connectivity index (χ1) is 20.2. The van der Waals surface area contributed by atoms with Gasteiger partial charge in [0.25, 0.3) is 5.17 Å². The largest absolute Gasteiger partial charge is 0.493 e. The van der Waals surface area contributed by atoms with Crippen molar-refractivity contribution < 1.29 is 42.7 Å². The molecule has 0 bridgehead atoms. The Labute approximate surface area is 250 Å². The van der Waals surface area contributed by atoms with Crippen LogP contribution in [0.3, 0.4) is 0 Å². The SMILES string of the molecule is COC(=O)/C=C/C1=CC2C(C(c3ccc(OC)c(OC)c3)C(C)C(=O)OC)C(OC(=S)n3ccnc3)C(OC)(OC)C12. The fourth-order valence-electron chi connectivity index (χ4n) is 6.33. The summed E-state index contributed by atoms with van der Waals surface area (Å²) in [6, 6.07) is 5.54. The van der Waals surface area contributed by atoms with Gasteiger partial charge in [0.1, 0.15) is 6.33 Å². The molecule has 1 aromatic heterocycles. The fourth-order valence-corrected chi connectivity index (χ4v) is 6.54. The minimum Gasteiger partial charge on any atom is -0.493 e. The van der Waals surface area contributed by atoms with Crippen molar-refractivity contribution in [3.8, 4) is 11.5 Å².